The Morgan fingerprint density at radius 3 is 1.57 bits per heavy atom. The number of aldehydes is 2. The number of H-pyrrole nitrogens is 2. The summed E-state index contributed by atoms with van der Waals surface area (Å²) >= 11 is 12.3. The van der Waals surface area contributed by atoms with E-state index in [0.717, 1.165) is 63.0 Å². The fourth-order valence-corrected chi connectivity index (χ4v) is 8.57. The highest BCUT2D eigenvalue weighted by atomic mass is 35.5. The first kappa shape index (κ1) is 61.0. The van der Waals surface area contributed by atoms with Crippen LogP contribution in [0, 0.1) is 0 Å². The number of carbonyl (C=O) groups is 4. The summed E-state index contributed by atoms with van der Waals surface area (Å²) in [5.74, 6) is 2.59. The summed E-state index contributed by atoms with van der Waals surface area (Å²) < 4.78 is 16.6. The number of ether oxygens (including phenoxy) is 2. The van der Waals surface area contributed by atoms with Gasteiger partial charge < -0.3 is 39.5 Å². The lowest BCUT2D eigenvalue weighted by Gasteiger charge is -2.35. The summed E-state index contributed by atoms with van der Waals surface area (Å²) in [6.07, 6.45) is 1.71. The number of carbonyl (C=O) groups excluding carboxylic acids is 4. The SMILES string of the molecule is CC(C)(C)[Si](C)(C)OCC=O.CC(C)Oc1ccc(C(=O)CN(CCO)Cc2ccc(-c3nc4ccccc4[nH]3)cc2)cc1Cl.CC(C)Oc1ccc(C(=O)CN)cc1Cl.O=Cc1ccc(-c2nc3ccccc3[nH]2)cc1. The lowest BCUT2D eigenvalue weighted by molar-refractivity contribution is -0.109. The standard InChI is InChI=1S/C27H28ClN3O3.C14H10N2O.C11H14ClNO2.C8H18O2Si/c1-18(2)34-26-12-11-21(15-22(26)28)25(33)17-31(13-14-32)16-19-7-9-20(10-8-19)27-29-23-5-3-4-6-24(23)30-27;17-9-10-5-7-11(8-6-10)14-15-12-3-1-2-4-13(12)16-14;1-7(2)15-11-4-3-8(5-9(11)12)10(14)6-13;1-8(2,3)11(4,5)10-7-6-9/h3-12,15,18,32H,13-14,16-17H2,1-2H3,(H,29,30);1-9H,(H,15,16);3-5,7H,6,13H2,1-2H3;6H,7H2,1-5H3. The third kappa shape index (κ3) is 18.4. The molecule has 0 aliphatic rings. The predicted octanol–water partition coefficient (Wildman–Crippen LogP) is 12.9. The Hall–Kier alpha value is -6.82. The number of ketones is 2. The van der Waals surface area contributed by atoms with E-state index < -0.39 is 8.32 Å². The minimum absolute atomic E-state index is 0.00247. The van der Waals surface area contributed by atoms with Gasteiger partial charge in [-0.05, 0) is 112 Å². The maximum Gasteiger partial charge on any atom is 0.192 e. The van der Waals surface area contributed by atoms with Crippen molar-refractivity contribution in [3.05, 3.63) is 166 Å². The Labute approximate surface area is 462 Å². The van der Waals surface area contributed by atoms with Gasteiger partial charge in [-0.15, -0.1) is 0 Å². The number of aromatic nitrogens is 4. The average molecular weight is 1100 g/mol. The maximum atomic E-state index is 12.9. The molecule has 77 heavy (non-hydrogen) atoms. The molecule has 17 heteroatoms. The monoisotopic (exact) mass is 1100 g/mol. The number of Topliss-reactive ketones (excluding diaryl/α,β-unsaturated/α-hetero) is 2. The van der Waals surface area contributed by atoms with Crippen molar-refractivity contribution in [2.24, 2.45) is 5.73 Å². The molecular weight excluding hydrogens is 1030 g/mol. The van der Waals surface area contributed by atoms with Crippen molar-refractivity contribution >= 4 is 77.7 Å². The highest BCUT2D eigenvalue weighted by molar-refractivity contribution is 6.74. The normalized spacial score (nSPS) is 11.3. The average Bonchev–Trinajstić information content (AvgIpc) is 4.05. The number of fused-ring (bicyclic) bond motifs is 2. The Morgan fingerprint density at radius 1 is 0.701 bits per heavy atom. The number of hydrogen-bond acceptors (Lipinski definition) is 12. The van der Waals surface area contributed by atoms with E-state index in [4.69, 9.17) is 42.8 Å². The van der Waals surface area contributed by atoms with Crippen molar-refractivity contribution in [3.63, 3.8) is 0 Å². The Kier molecular flexibility index (Phi) is 23.0. The lowest BCUT2D eigenvalue weighted by atomic mass is 10.1. The number of aromatic amines is 2. The van der Waals surface area contributed by atoms with Gasteiger partial charge in [0.25, 0.3) is 0 Å². The van der Waals surface area contributed by atoms with Crippen molar-refractivity contribution in [1.82, 2.24) is 24.8 Å². The van der Waals surface area contributed by atoms with E-state index in [-0.39, 0.29) is 55.1 Å². The summed E-state index contributed by atoms with van der Waals surface area (Å²) in [6, 6.07) is 41.3. The van der Waals surface area contributed by atoms with Crippen LogP contribution in [0.25, 0.3) is 44.8 Å². The first-order valence-corrected chi connectivity index (χ1v) is 29.0. The number of nitrogens with one attached hydrogen (secondary N) is 2. The van der Waals surface area contributed by atoms with Crippen LogP contribution in [0.1, 0.15) is 85.1 Å². The minimum Gasteiger partial charge on any atom is -0.489 e. The first-order chi connectivity index (χ1) is 36.6. The number of halogens is 2. The molecule has 0 aliphatic heterocycles. The molecule has 0 amide bonds. The van der Waals surface area contributed by atoms with Crippen molar-refractivity contribution in [1.29, 1.82) is 0 Å². The first-order valence-electron chi connectivity index (χ1n) is 25.3. The van der Waals surface area contributed by atoms with Crippen molar-refractivity contribution in [3.8, 4) is 34.3 Å². The Bertz CT molecular complexity index is 3120. The topological polar surface area (TPSA) is 203 Å². The molecule has 8 aromatic rings. The molecule has 0 saturated carbocycles. The van der Waals surface area contributed by atoms with E-state index in [1.54, 1.807) is 48.5 Å². The fourth-order valence-electron chi connectivity index (χ4n) is 7.20. The minimum atomic E-state index is -1.66. The summed E-state index contributed by atoms with van der Waals surface area (Å²) in [4.78, 5) is 62.5. The number of imidazole rings is 2. The largest absolute Gasteiger partial charge is 0.489 e. The van der Waals surface area contributed by atoms with Crippen LogP contribution in [0.2, 0.25) is 28.2 Å². The molecular formula is C60H70Cl2N6O8Si. The molecule has 406 valence electrons. The second kappa shape index (κ2) is 29.1. The predicted molar refractivity (Wildman–Crippen MR) is 312 cm³/mol. The zero-order valence-corrected chi connectivity index (χ0v) is 47.7. The van der Waals surface area contributed by atoms with Crippen LogP contribution < -0.4 is 15.2 Å². The van der Waals surface area contributed by atoms with Crippen LogP contribution >= 0.6 is 23.2 Å². The number of rotatable bonds is 19. The Balaban J connectivity index is 0.000000212. The number of aliphatic hydroxyl groups is 1. The van der Waals surface area contributed by atoms with E-state index in [2.05, 4.69) is 53.8 Å². The van der Waals surface area contributed by atoms with Crippen molar-refractivity contribution in [2.45, 2.75) is 85.4 Å². The van der Waals surface area contributed by atoms with Crippen LogP contribution in [0.15, 0.2) is 133 Å². The highest BCUT2D eigenvalue weighted by Gasteiger charge is 2.36. The van der Waals surface area contributed by atoms with Gasteiger partial charge in [0, 0.05) is 40.9 Å². The molecule has 8 rings (SSSR count). The van der Waals surface area contributed by atoms with E-state index in [1.807, 2.05) is 118 Å². The number of para-hydroxylation sites is 4. The molecule has 0 saturated heterocycles. The molecule has 5 N–H and O–H groups in total. The van der Waals surface area contributed by atoms with Crippen LogP contribution in [-0.4, -0.2) is 107 Å². The third-order valence-corrected chi connectivity index (χ3v) is 17.3. The molecule has 0 atom stereocenters. The summed E-state index contributed by atoms with van der Waals surface area (Å²) in [5.41, 5.74) is 13.8. The van der Waals surface area contributed by atoms with Gasteiger partial charge in [0.1, 0.15) is 35.7 Å². The van der Waals surface area contributed by atoms with Crippen LogP contribution in [0.3, 0.4) is 0 Å². The van der Waals surface area contributed by atoms with Gasteiger partial charge in [-0.1, -0.05) is 117 Å². The van der Waals surface area contributed by atoms with Gasteiger partial charge in [0.05, 0.1) is 70.6 Å². The van der Waals surface area contributed by atoms with Crippen molar-refractivity contribution in [2.75, 3.05) is 32.8 Å². The van der Waals surface area contributed by atoms with E-state index >= 15 is 0 Å². The second-order valence-electron chi connectivity index (χ2n) is 20.0. The highest BCUT2D eigenvalue weighted by Crippen LogP contribution is 2.36. The quantitative estimate of drug-likeness (QED) is 0.0339. The Morgan fingerprint density at radius 2 is 1.17 bits per heavy atom. The molecule has 0 aliphatic carbocycles. The maximum absolute atomic E-state index is 12.9. The molecule has 6 aromatic carbocycles. The van der Waals surface area contributed by atoms with E-state index in [0.29, 0.717) is 51.3 Å². The molecule has 2 heterocycles. The third-order valence-electron chi connectivity index (χ3n) is 12.3. The molecule has 0 fully saturated rings. The molecule has 0 spiro atoms. The van der Waals surface area contributed by atoms with Gasteiger partial charge in [-0.3, -0.25) is 19.3 Å². The van der Waals surface area contributed by atoms with Gasteiger partial charge in [0.2, 0.25) is 0 Å². The molecule has 0 unspecified atom stereocenters. The van der Waals surface area contributed by atoms with Gasteiger partial charge in [-0.25, -0.2) is 9.97 Å². The molecule has 2 aromatic heterocycles. The van der Waals surface area contributed by atoms with Crippen LogP contribution in [0.5, 0.6) is 11.5 Å². The van der Waals surface area contributed by atoms with Crippen LogP contribution in [0.4, 0.5) is 0 Å². The number of benzene rings is 6. The summed E-state index contributed by atoms with van der Waals surface area (Å²) in [6.45, 7) is 19.7. The smallest absolute Gasteiger partial charge is 0.192 e. The zero-order valence-electron chi connectivity index (χ0n) is 45.2. The second-order valence-corrected chi connectivity index (χ2v) is 25.6. The molecule has 0 radical (unpaired) electrons. The summed E-state index contributed by atoms with van der Waals surface area (Å²) in [5, 5.41) is 10.6. The number of aliphatic hydroxyl groups excluding tert-OH is 1. The van der Waals surface area contributed by atoms with Gasteiger partial charge >= 0.3 is 0 Å². The summed E-state index contributed by atoms with van der Waals surface area (Å²) in [7, 11) is -1.66. The van der Waals surface area contributed by atoms with Crippen molar-refractivity contribution < 1.29 is 38.2 Å². The van der Waals surface area contributed by atoms with E-state index in [9.17, 15) is 24.3 Å². The number of nitrogens with zero attached hydrogens (tertiary/aromatic N) is 3. The lowest BCUT2D eigenvalue weighted by Crippen LogP contribution is -2.41. The van der Waals surface area contributed by atoms with E-state index in [1.165, 1.54) is 0 Å². The zero-order chi connectivity index (χ0) is 56.3. The van der Waals surface area contributed by atoms with Gasteiger partial charge in [-0.2, -0.15) is 0 Å². The fraction of sp³-hybridized carbons (Fsp3) is 0.300. The van der Waals surface area contributed by atoms with Gasteiger partial charge in [0.15, 0.2) is 19.9 Å². The number of nitrogens with two attached hydrogens (primary N) is 1. The molecule has 0 bridgehead atoms. The number of hydrogen-bond donors (Lipinski definition) is 4. The van der Waals surface area contributed by atoms with Crippen LogP contribution in [-0.2, 0) is 15.8 Å². The molecule has 14 nitrogen and oxygen atoms in total.